The lowest BCUT2D eigenvalue weighted by atomic mass is 10.1. The summed E-state index contributed by atoms with van der Waals surface area (Å²) in [6.07, 6.45) is 1.89. The summed E-state index contributed by atoms with van der Waals surface area (Å²) in [5.74, 6) is -0.741. The molecule has 0 aliphatic carbocycles. The number of benzene rings is 1. The van der Waals surface area contributed by atoms with Crippen molar-refractivity contribution >= 4 is 17.6 Å². The van der Waals surface area contributed by atoms with Gasteiger partial charge in [-0.15, -0.1) is 0 Å². The Morgan fingerprint density at radius 1 is 1.29 bits per heavy atom. The Kier molecular flexibility index (Phi) is 5.63. The van der Waals surface area contributed by atoms with Gasteiger partial charge in [0.1, 0.15) is 17.9 Å². The molecule has 2 rings (SSSR count). The Morgan fingerprint density at radius 2 is 2.04 bits per heavy atom. The number of rotatable bonds is 7. The predicted octanol–water partition coefficient (Wildman–Crippen LogP) is 3.56. The summed E-state index contributed by atoms with van der Waals surface area (Å²) >= 11 is 0. The zero-order valence-corrected chi connectivity index (χ0v) is 14.0. The number of amides is 1. The van der Waals surface area contributed by atoms with Gasteiger partial charge in [0.05, 0.1) is 24.1 Å². The number of ether oxygens (including phenoxy) is 1. The molecule has 1 amide bonds. The van der Waals surface area contributed by atoms with Crippen molar-refractivity contribution in [1.82, 2.24) is 0 Å². The fourth-order valence-electron chi connectivity index (χ4n) is 2.32. The van der Waals surface area contributed by atoms with Gasteiger partial charge in [0.25, 0.3) is 5.91 Å². The van der Waals surface area contributed by atoms with Crippen LogP contribution in [0.25, 0.3) is 0 Å². The summed E-state index contributed by atoms with van der Waals surface area (Å²) in [6, 6.07) is 5.49. The van der Waals surface area contributed by atoms with Gasteiger partial charge in [-0.05, 0) is 38.0 Å². The molecule has 1 aromatic heterocycles. The van der Waals surface area contributed by atoms with Crippen LogP contribution in [0.2, 0.25) is 0 Å². The lowest BCUT2D eigenvalue weighted by Gasteiger charge is -2.13. The number of aryl methyl sites for hydroxylation is 2. The van der Waals surface area contributed by atoms with E-state index in [4.69, 9.17) is 14.3 Å². The molecule has 1 heterocycles. The van der Waals surface area contributed by atoms with Crippen molar-refractivity contribution in [3.8, 4) is 5.75 Å². The van der Waals surface area contributed by atoms with E-state index in [1.807, 2.05) is 26.0 Å². The van der Waals surface area contributed by atoms with E-state index in [0.29, 0.717) is 23.6 Å². The van der Waals surface area contributed by atoms with Crippen LogP contribution in [0.3, 0.4) is 0 Å². The minimum atomic E-state index is -1.05. The van der Waals surface area contributed by atoms with E-state index < -0.39 is 11.9 Å². The molecule has 128 valence electrons. The van der Waals surface area contributed by atoms with Gasteiger partial charge < -0.3 is 19.6 Å². The summed E-state index contributed by atoms with van der Waals surface area (Å²) in [6.45, 7) is 6.19. The Balaban J connectivity index is 2.27. The molecule has 0 saturated carbocycles. The quantitative estimate of drug-likeness (QED) is 0.810. The van der Waals surface area contributed by atoms with Gasteiger partial charge in [0.2, 0.25) is 0 Å². The molecule has 0 aliphatic rings. The summed E-state index contributed by atoms with van der Waals surface area (Å²) in [4.78, 5) is 23.5. The van der Waals surface area contributed by atoms with Crippen LogP contribution in [0, 0.1) is 13.8 Å². The molecule has 6 nitrogen and oxygen atoms in total. The number of hydrogen-bond acceptors (Lipinski definition) is 4. The maximum absolute atomic E-state index is 12.6. The van der Waals surface area contributed by atoms with Crippen molar-refractivity contribution in [2.45, 2.75) is 33.6 Å². The highest BCUT2D eigenvalue weighted by Crippen LogP contribution is 2.27. The van der Waals surface area contributed by atoms with Crippen LogP contribution in [0.4, 0.5) is 5.69 Å². The fourth-order valence-corrected chi connectivity index (χ4v) is 2.32. The number of carbonyl (C=O) groups is 2. The van der Waals surface area contributed by atoms with E-state index in [1.165, 1.54) is 6.26 Å². The van der Waals surface area contributed by atoms with Crippen LogP contribution in [0.1, 0.15) is 40.6 Å². The van der Waals surface area contributed by atoms with Crippen molar-refractivity contribution in [3.63, 3.8) is 0 Å². The third-order valence-corrected chi connectivity index (χ3v) is 3.44. The SMILES string of the molecule is CCCOc1cc(C)ccc1NC(=O)c1c(C)coc1CC(=O)O. The second-order valence-corrected chi connectivity index (χ2v) is 5.59. The van der Waals surface area contributed by atoms with E-state index in [9.17, 15) is 9.59 Å². The minimum Gasteiger partial charge on any atom is -0.491 e. The van der Waals surface area contributed by atoms with Gasteiger partial charge in [-0.1, -0.05) is 13.0 Å². The average Bonchev–Trinajstić information content (AvgIpc) is 2.87. The molecule has 0 unspecified atom stereocenters. The first-order valence-corrected chi connectivity index (χ1v) is 7.76. The van der Waals surface area contributed by atoms with E-state index in [2.05, 4.69) is 5.32 Å². The molecule has 2 N–H and O–H groups in total. The number of nitrogens with one attached hydrogen (secondary N) is 1. The second-order valence-electron chi connectivity index (χ2n) is 5.59. The van der Waals surface area contributed by atoms with Gasteiger partial charge in [-0.2, -0.15) is 0 Å². The molecule has 2 aromatic rings. The molecule has 24 heavy (non-hydrogen) atoms. The van der Waals surface area contributed by atoms with Crippen LogP contribution >= 0.6 is 0 Å². The Morgan fingerprint density at radius 3 is 2.71 bits per heavy atom. The molecule has 1 aromatic carbocycles. The fraction of sp³-hybridized carbons (Fsp3) is 0.333. The smallest absolute Gasteiger partial charge is 0.311 e. The van der Waals surface area contributed by atoms with Gasteiger partial charge in [-0.3, -0.25) is 9.59 Å². The zero-order chi connectivity index (χ0) is 17.7. The third kappa shape index (κ3) is 4.16. The molecular formula is C18H21NO5. The van der Waals surface area contributed by atoms with Crippen molar-refractivity contribution in [2.75, 3.05) is 11.9 Å². The first-order valence-electron chi connectivity index (χ1n) is 7.76. The Hall–Kier alpha value is -2.76. The average molecular weight is 331 g/mol. The van der Waals surface area contributed by atoms with Crippen molar-refractivity contribution in [2.24, 2.45) is 0 Å². The normalized spacial score (nSPS) is 10.5. The van der Waals surface area contributed by atoms with Gasteiger partial charge in [-0.25, -0.2) is 0 Å². The largest absolute Gasteiger partial charge is 0.491 e. The first-order chi connectivity index (χ1) is 11.4. The molecule has 0 bridgehead atoms. The molecule has 0 radical (unpaired) electrons. The summed E-state index contributed by atoms with van der Waals surface area (Å²) in [5.41, 5.74) is 2.40. The van der Waals surface area contributed by atoms with Crippen LogP contribution in [0.15, 0.2) is 28.9 Å². The number of hydrogen-bond donors (Lipinski definition) is 2. The molecule has 0 spiro atoms. The number of carboxylic acids is 1. The van der Waals surface area contributed by atoms with Crippen LogP contribution in [0.5, 0.6) is 5.75 Å². The molecule has 0 atom stereocenters. The van der Waals surface area contributed by atoms with Gasteiger partial charge in [0, 0.05) is 5.56 Å². The zero-order valence-electron chi connectivity index (χ0n) is 14.0. The van der Waals surface area contributed by atoms with Crippen LogP contribution in [-0.2, 0) is 11.2 Å². The minimum absolute atomic E-state index is 0.139. The second kappa shape index (κ2) is 7.68. The van der Waals surface area contributed by atoms with E-state index in [-0.39, 0.29) is 17.7 Å². The number of anilines is 1. The van der Waals surface area contributed by atoms with Crippen LogP contribution < -0.4 is 10.1 Å². The Labute approximate surface area is 140 Å². The Bertz CT molecular complexity index is 748. The van der Waals surface area contributed by atoms with Gasteiger partial charge in [0.15, 0.2) is 0 Å². The molecular weight excluding hydrogens is 310 g/mol. The number of carboxylic acid groups (broad SMARTS) is 1. The summed E-state index contributed by atoms with van der Waals surface area (Å²) in [7, 11) is 0. The number of furan rings is 1. The van der Waals surface area contributed by atoms with Crippen molar-refractivity contribution in [3.05, 3.63) is 46.9 Å². The molecule has 6 heteroatoms. The maximum atomic E-state index is 12.6. The van der Waals surface area contributed by atoms with E-state index in [0.717, 1.165) is 12.0 Å². The third-order valence-electron chi connectivity index (χ3n) is 3.44. The number of carbonyl (C=O) groups excluding carboxylic acids is 1. The summed E-state index contributed by atoms with van der Waals surface area (Å²) in [5, 5.41) is 11.7. The standard InChI is InChI=1S/C18H21NO5/c1-4-7-23-14-8-11(2)5-6-13(14)19-18(22)17-12(3)10-24-15(17)9-16(20)21/h5-6,8,10H,4,7,9H2,1-3H3,(H,19,22)(H,20,21). The maximum Gasteiger partial charge on any atom is 0.311 e. The lowest BCUT2D eigenvalue weighted by Crippen LogP contribution is -2.16. The lowest BCUT2D eigenvalue weighted by molar-refractivity contribution is -0.136. The highest BCUT2D eigenvalue weighted by Gasteiger charge is 2.21. The highest BCUT2D eigenvalue weighted by atomic mass is 16.5. The van der Waals surface area contributed by atoms with Crippen molar-refractivity contribution < 1.29 is 23.8 Å². The first kappa shape index (κ1) is 17.6. The molecule has 0 fully saturated rings. The number of aliphatic carboxylic acids is 1. The highest BCUT2D eigenvalue weighted by molar-refractivity contribution is 6.07. The van der Waals surface area contributed by atoms with Crippen LogP contribution in [-0.4, -0.2) is 23.6 Å². The van der Waals surface area contributed by atoms with E-state index in [1.54, 1.807) is 13.0 Å². The molecule has 0 saturated heterocycles. The van der Waals surface area contributed by atoms with Gasteiger partial charge >= 0.3 is 5.97 Å². The monoisotopic (exact) mass is 331 g/mol. The topological polar surface area (TPSA) is 88.8 Å². The van der Waals surface area contributed by atoms with E-state index >= 15 is 0 Å². The predicted molar refractivity (Wildman–Crippen MR) is 89.7 cm³/mol. The van der Waals surface area contributed by atoms with Crippen molar-refractivity contribution in [1.29, 1.82) is 0 Å². The molecule has 0 aliphatic heterocycles. The summed E-state index contributed by atoms with van der Waals surface area (Å²) < 4.78 is 10.9.